The second-order valence-corrected chi connectivity index (χ2v) is 3.94. The van der Waals surface area contributed by atoms with Crippen LogP contribution in [0.15, 0.2) is 6.07 Å². The molecule has 0 saturated carbocycles. The summed E-state index contributed by atoms with van der Waals surface area (Å²) in [4.78, 5) is 26.2. The number of nitrogens with zero attached hydrogens (tertiary/aromatic N) is 4. The number of carbonyl (C=O) groups is 2. The van der Waals surface area contributed by atoms with E-state index in [-0.39, 0.29) is 17.5 Å². The highest BCUT2D eigenvalue weighted by atomic mass is 16.2. The Morgan fingerprint density at radius 3 is 2.06 bits per heavy atom. The van der Waals surface area contributed by atoms with Crippen LogP contribution in [-0.4, -0.2) is 59.6 Å². The summed E-state index contributed by atoms with van der Waals surface area (Å²) in [5, 5.41) is 4.01. The predicted molar refractivity (Wildman–Crippen MR) is 59.2 cm³/mol. The van der Waals surface area contributed by atoms with Crippen LogP contribution in [0.2, 0.25) is 0 Å². The third kappa shape index (κ3) is 2.21. The summed E-state index contributed by atoms with van der Waals surface area (Å²) < 4.78 is 1.42. The molecule has 0 unspecified atom stereocenters. The Morgan fingerprint density at radius 2 is 1.62 bits per heavy atom. The minimum atomic E-state index is -0.214. The van der Waals surface area contributed by atoms with Crippen molar-refractivity contribution in [1.29, 1.82) is 0 Å². The predicted octanol–water partition coefficient (Wildman–Crippen LogP) is -0.176. The molecule has 6 nitrogen and oxygen atoms in total. The van der Waals surface area contributed by atoms with Crippen LogP contribution in [0.3, 0.4) is 0 Å². The first kappa shape index (κ1) is 12.2. The first-order chi connectivity index (χ1) is 7.34. The molecule has 0 aliphatic carbocycles. The van der Waals surface area contributed by atoms with Crippen molar-refractivity contribution in [3.05, 3.63) is 17.5 Å². The molecule has 0 aliphatic rings. The molecule has 1 heterocycles. The molecule has 0 spiro atoms. The van der Waals surface area contributed by atoms with E-state index in [4.69, 9.17) is 0 Å². The van der Waals surface area contributed by atoms with Crippen LogP contribution in [0.1, 0.15) is 21.0 Å². The summed E-state index contributed by atoms with van der Waals surface area (Å²) in [5.41, 5.74) is 0.674. The highest BCUT2D eigenvalue weighted by molar-refractivity contribution is 5.97. The van der Waals surface area contributed by atoms with Gasteiger partial charge in [0, 0.05) is 41.3 Å². The summed E-state index contributed by atoms with van der Waals surface area (Å²) in [6, 6.07) is 1.50. The van der Waals surface area contributed by atoms with Crippen molar-refractivity contribution in [2.75, 3.05) is 28.2 Å². The lowest BCUT2D eigenvalue weighted by atomic mass is 10.3. The van der Waals surface area contributed by atoms with Crippen LogP contribution in [0.25, 0.3) is 0 Å². The third-order valence-electron chi connectivity index (χ3n) is 2.13. The molecule has 1 aromatic heterocycles. The van der Waals surface area contributed by atoms with Crippen molar-refractivity contribution in [2.24, 2.45) is 7.05 Å². The fraction of sp³-hybridized carbons (Fsp3) is 0.500. The van der Waals surface area contributed by atoms with Crippen LogP contribution in [0.4, 0.5) is 0 Å². The van der Waals surface area contributed by atoms with Crippen LogP contribution < -0.4 is 0 Å². The first-order valence-corrected chi connectivity index (χ1v) is 4.82. The maximum Gasteiger partial charge on any atom is 0.273 e. The minimum absolute atomic E-state index is 0.173. The van der Waals surface area contributed by atoms with Crippen molar-refractivity contribution >= 4 is 11.8 Å². The molecule has 0 bridgehead atoms. The lowest BCUT2D eigenvalue weighted by Gasteiger charge is -2.09. The van der Waals surface area contributed by atoms with Gasteiger partial charge in [-0.3, -0.25) is 14.3 Å². The van der Waals surface area contributed by atoms with Gasteiger partial charge in [-0.25, -0.2) is 0 Å². The van der Waals surface area contributed by atoms with Crippen molar-refractivity contribution in [1.82, 2.24) is 19.6 Å². The highest BCUT2D eigenvalue weighted by Crippen LogP contribution is 2.07. The monoisotopic (exact) mass is 224 g/mol. The molecule has 0 aromatic carbocycles. The van der Waals surface area contributed by atoms with Crippen LogP contribution in [0.5, 0.6) is 0 Å². The molecule has 88 valence electrons. The molecule has 0 radical (unpaired) electrons. The number of hydrogen-bond acceptors (Lipinski definition) is 3. The minimum Gasteiger partial charge on any atom is -0.343 e. The SMILES string of the molecule is CN(C)C(=O)c1cc(C(=O)N(C)C)n(C)n1. The zero-order chi connectivity index (χ0) is 12.5. The van der Waals surface area contributed by atoms with Gasteiger partial charge in [-0.05, 0) is 0 Å². The van der Waals surface area contributed by atoms with Crippen LogP contribution in [-0.2, 0) is 7.05 Å². The van der Waals surface area contributed by atoms with E-state index in [0.29, 0.717) is 5.69 Å². The summed E-state index contributed by atoms with van der Waals surface area (Å²) >= 11 is 0. The molecule has 16 heavy (non-hydrogen) atoms. The van der Waals surface area contributed by atoms with E-state index in [1.54, 1.807) is 35.2 Å². The number of aromatic nitrogens is 2. The zero-order valence-corrected chi connectivity index (χ0v) is 10.2. The topological polar surface area (TPSA) is 58.4 Å². The molecular formula is C10H16N4O2. The van der Waals surface area contributed by atoms with E-state index in [2.05, 4.69) is 5.10 Å². The Bertz CT molecular complexity index is 420. The van der Waals surface area contributed by atoms with Gasteiger partial charge >= 0.3 is 0 Å². The van der Waals surface area contributed by atoms with Crippen LogP contribution >= 0.6 is 0 Å². The Labute approximate surface area is 94.4 Å². The average molecular weight is 224 g/mol. The van der Waals surface area contributed by atoms with Gasteiger partial charge in [-0.1, -0.05) is 0 Å². The van der Waals surface area contributed by atoms with Crippen molar-refractivity contribution in [3.8, 4) is 0 Å². The number of amides is 2. The van der Waals surface area contributed by atoms with E-state index in [1.807, 2.05) is 0 Å². The zero-order valence-electron chi connectivity index (χ0n) is 10.2. The third-order valence-corrected chi connectivity index (χ3v) is 2.13. The molecule has 1 aromatic rings. The van der Waals surface area contributed by atoms with E-state index in [9.17, 15) is 9.59 Å². The maximum absolute atomic E-state index is 11.7. The smallest absolute Gasteiger partial charge is 0.273 e. The van der Waals surface area contributed by atoms with Crippen LogP contribution in [0, 0.1) is 0 Å². The van der Waals surface area contributed by atoms with Gasteiger partial charge in [-0.2, -0.15) is 5.10 Å². The first-order valence-electron chi connectivity index (χ1n) is 4.82. The van der Waals surface area contributed by atoms with Crippen molar-refractivity contribution in [3.63, 3.8) is 0 Å². The van der Waals surface area contributed by atoms with Gasteiger partial charge in [0.15, 0.2) is 5.69 Å². The van der Waals surface area contributed by atoms with E-state index < -0.39 is 0 Å². The second kappa shape index (κ2) is 4.34. The summed E-state index contributed by atoms with van der Waals surface area (Å²) in [6.07, 6.45) is 0. The molecule has 1 rings (SSSR count). The van der Waals surface area contributed by atoms with E-state index >= 15 is 0 Å². The molecule has 2 amide bonds. The van der Waals surface area contributed by atoms with Gasteiger partial charge in [0.25, 0.3) is 11.8 Å². The summed E-state index contributed by atoms with van der Waals surface area (Å²) in [6.45, 7) is 0. The summed E-state index contributed by atoms with van der Waals surface area (Å²) in [5.74, 6) is -0.388. The number of aryl methyl sites for hydroxylation is 1. The molecule has 0 N–H and O–H groups in total. The maximum atomic E-state index is 11.7. The largest absolute Gasteiger partial charge is 0.343 e. The van der Waals surface area contributed by atoms with Gasteiger partial charge in [0.05, 0.1) is 0 Å². The van der Waals surface area contributed by atoms with Crippen molar-refractivity contribution < 1.29 is 9.59 Å². The van der Waals surface area contributed by atoms with Gasteiger partial charge in [0.2, 0.25) is 0 Å². The molecule has 0 fully saturated rings. The van der Waals surface area contributed by atoms with Gasteiger partial charge < -0.3 is 9.80 Å². The van der Waals surface area contributed by atoms with E-state index in [0.717, 1.165) is 0 Å². The summed E-state index contributed by atoms with van der Waals surface area (Å²) in [7, 11) is 8.24. The molecule has 0 saturated heterocycles. The molecule has 0 aliphatic heterocycles. The molecule has 0 atom stereocenters. The normalized spacial score (nSPS) is 10.1. The number of hydrogen-bond donors (Lipinski definition) is 0. The van der Waals surface area contributed by atoms with E-state index in [1.165, 1.54) is 20.5 Å². The Morgan fingerprint density at radius 1 is 1.12 bits per heavy atom. The Hall–Kier alpha value is -1.85. The molecular weight excluding hydrogens is 208 g/mol. The Kier molecular flexibility index (Phi) is 3.31. The van der Waals surface area contributed by atoms with Gasteiger partial charge in [0.1, 0.15) is 5.69 Å². The lowest BCUT2D eigenvalue weighted by molar-refractivity contribution is 0.0812. The van der Waals surface area contributed by atoms with Crippen molar-refractivity contribution in [2.45, 2.75) is 0 Å². The number of rotatable bonds is 2. The average Bonchev–Trinajstić information content (AvgIpc) is 2.57. The second-order valence-electron chi connectivity index (χ2n) is 3.94. The van der Waals surface area contributed by atoms with Gasteiger partial charge in [-0.15, -0.1) is 0 Å². The molecule has 6 heteroatoms. The fourth-order valence-electron chi connectivity index (χ4n) is 1.23. The standard InChI is InChI=1S/C10H16N4O2/c1-12(2)9(15)7-6-8(14(5)11-7)10(16)13(3)4/h6H,1-5H3. The highest BCUT2D eigenvalue weighted by Gasteiger charge is 2.19. The number of carbonyl (C=O) groups excluding carboxylic acids is 2. The Balaban J connectivity index is 3.08. The lowest BCUT2D eigenvalue weighted by Crippen LogP contribution is -2.24. The fourth-order valence-corrected chi connectivity index (χ4v) is 1.23. The quantitative estimate of drug-likeness (QED) is 0.700.